The molecule has 2 N–H and O–H groups in total. The predicted molar refractivity (Wildman–Crippen MR) is 80.5 cm³/mol. The van der Waals surface area contributed by atoms with Gasteiger partial charge in [-0.3, -0.25) is 10.1 Å². The molecule has 4 heteroatoms. The molecule has 2 aromatic carbocycles. The van der Waals surface area contributed by atoms with E-state index in [1.165, 1.54) is 12.1 Å². The third-order valence-electron chi connectivity index (χ3n) is 3.80. The van der Waals surface area contributed by atoms with Crippen molar-refractivity contribution in [2.24, 2.45) is 0 Å². The van der Waals surface area contributed by atoms with Gasteiger partial charge in [-0.05, 0) is 37.6 Å². The van der Waals surface area contributed by atoms with E-state index in [-0.39, 0.29) is 17.8 Å². The van der Waals surface area contributed by atoms with Crippen molar-refractivity contribution in [3.05, 3.63) is 65.0 Å². The average Bonchev–Trinajstić information content (AvgIpc) is 2.75. The molecule has 0 saturated heterocycles. The van der Waals surface area contributed by atoms with Gasteiger partial charge >= 0.3 is 0 Å². The second kappa shape index (κ2) is 5.30. The minimum Gasteiger partial charge on any atom is -0.324 e. The maximum absolute atomic E-state index is 13.3. The van der Waals surface area contributed by atoms with Crippen molar-refractivity contribution in [3.8, 4) is 0 Å². The van der Waals surface area contributed by atoms with E-state index < -0.39 is 6.04 Å². The number of carbonyl (C=O) groups is 1. The van der Waals surface area contributed by atoms with E-state index in [2.05, 4.69) is 10.6 Å². The smallest absolute Gasteiger partial charge is 0.246 e. The van der Waals surface area contributed by atoms with E-state index in [1.54, 1.807) is 6.07 Å². The number of amides is 1. The van der Waals surface area contributed by atoms with Crippen LogP contribution in [-0.2, 0) is 4.79 Å². The number of rotatable bonds is 3. The van der Waals surface area contributed by atoms with Crippen LogP contribution in [0.4, 0.5) is 10.1 Å². The fraction of sp³-hybridized carbons (Fsp3) is 0.235. The molecule has 0 aromatic heterocycles. The lowest BCUT2D eigenvalue weighted by atomic mass is 10.0. The Kier molecular flexibility index (Phi) is 3.47. The molecule has 0 radical (unpaired) electrons. The van der Waals surface area contributed by atoms with E-state index in [0.29, 0.717) is 0 Å². The Hall–Kier alpha value is -2.20. The van der Waals surface area contributed by atoms with Crippen LogP contribution in [-0.4, -0.2) is 5.91 Å². The lowest BCUT2D eigenvalue weighted by molar-refractivity contribution is -0.117. The van der Waals surface area contributed by atoms with Gasteiger partial charge in [-0.2, -0.15) is 0 Å². The first-order valence-corrected chi connectivity index (χ1v) is 6.97. The molecular weight excluding hydrogens is 267 g/mol. The van der Waals surface area contributed by atoms with Crippen molar-refractivity contribution in [1.82, 2.24) is 5.32 Å². The largest absolute Gasteiger partial charge is 0.324 e. The van der Waals surface area contributed by atoms with Crippen LogP contribution in [0.5, 0.6) is 0 Å². The fourth-order valence-corrected chi connectivity index (χ4v) is 2.67. The number of hydrogen-bond donors (Lipinski definition) is 2. The molecule has 0 saturated carbocycles. The van der Waals surface area contributed by atoms with Crippen LogP contribution in [0, 0.1) is 12.7 Å². The van der Waals surface area contributed by atoms with E-state index >= 15 is 0 Å². The summed E-state index contributed by atoms with van der Waals surface area (Å²) >= 11 is 0. The van der Waals surface area contributed by atoms with E-state index in [1.807, 2.05) is 38.1 Å². The van der Waals surface area contributed by atoms with E-state index in [9.17, 15) is 9.18 Å². The number of fused-ring (bicyclic) bond motifs is 1. The minimum atomic E-state index is -0.404. The van der Waals surface area contributed by atoms with Crippen LogP contribution in [0.2, 0.25) is 0 Å². The number of anilines is 1. The van der Waals surface area contributed by atoms with Crippen LogP contribution in [0.15, 0.2) is 42.5 Å². The Morgan fingerprint density at radius 1 is 1.24 bits per heavy atom. The molecule has 2 atom stereocenters. The monoisotopic (exact) mass is 284 g/mol. The molecule has 0 bridgehead atoms. The number of benzene rings is 2. The molecule has 2 unspecified atom stereocenters. The third-order valence-corrected chi connectivity index (χ3v) is 3.80. The maximum atomic E-state index is 13.3. The molecule has 108 valence electrons. The normalized spacial score (nSPS) is 18.2. The predicted octanol–water partition coefficient (Wildman–Crippen LogP) is 3.48. The molecule has 0 spiro atoms. The zero-order chi connectivity index (χ0) is 15.0. The fourth-order valence-electron chi connectivity index (χ4n) is 2.67. The van der Waals surface area contributed by atoms with Gasteiger partial charge in [0.2, 0.25) is 5.91 Å². The maximum Gasteiger partial charge on any atom is 0.246 e. The van der Waals surface area contributed by atoms with Gasteiger partial charge in [0.05, 0.1) is 0 Å². The number of nitrogens with one attached hydrogen (secondary N) is 2. The lowest BCUT2D eigenvalue weighted by Gasteiger charge is -2.19. The molecule has 1 heterocycles. The third kappa shape index (κ3) is 2.67. The summed E-state index contributed by atoms with van der Waals surface area (Å²) in [6.45, 7) is 3.92. The molecule has 0 fully saturated rings. The number of aryl methyl sites for hydroxylation is 1. The van der Waals surface area contributed by atoms with Crippen LogP contribution >= 0.6 is 0 Å². The molecular formula is C17H17FN2O. The Bertz CT molecular complexity index is 699. The van der Waals surface area contributed by atoms with Crippen LogP contribution in [0.25, 0.3) is 0 Å². The van der Waals surface area contributed by atoms with Crippen molar-refractivity contribution in [3.63, 3.8) is 0 Å². The SMILES string of the molecule is Cc1ccc2c(c1)C(NC(C)c1cccc(F)c1)C(=O)N2. The van der Waals surface area contributed by atoms with Gasteiger partial charge in [0.1, 0.15) is 11.9 Å². The molecule has 21 heavy (non-hydrogen) atoms. The van der Waals surface area contributed by atoms with Gasteiger partial charge in [-0.1, -0.05) is 29.8 Å². The molecule has 1 amide bonds. The number of halogens is 1. The second-order valence-corrected chi connectivity index (χ2v) is 5.46. The molecule has 0 aliphatic carbocycles. The van der Waals surface area contributed by atoms with Gasteiger partial charge in [-0.15, -0.1) is 0 Å². The standard InChI is InChI=1S/C17H17FN2O/c1-10-6-7-15-14(8-10)16(17(21)20-15)19-11(2)12-4-3-5-13(18)9-12/h3-9,11,16,19H,1-2H3,(H,20,21). The highest BCUT2D eigenvalue weighted by Crippen LogP contribution is 2.33. The first kappa shape index (κ1) is 13.8. The topological polar surface area (TPSA) is 41.1 Å². The van der Waals surface area contributed by atoms with Gasteiger partial charge in [0, 0.05) is 17.3 Å². The summed E-state index contributed by atoms with van der Waals surface area (Å²) in [6.07, 6.45) is 0. The Morgan fingerprint density at radius 3 is 2.81 bits per heavy atom. The number of carbonyl (C=O) groups excluding carboxylic acids is 1. The summed E-state index contributed by atoms with van der Waals surface area (Å²) < 4.78 is 13.3. The molecule has 1 aliphatic heterocycles. The summed E-state index contributed by atoms with van der Waals surface area (Å²) in [5.74, 6) is -0.341. The summed E-state index contributed by atoms with van der Waals surface area (Å²) in [5.41, 5.74) is 3.72. The van der Waals surface area contributed by atoms with Crippen LogP contribution < -0.4 is 10.6 Å². The number of hydrogen-bond acceptors (Lipinski definition) is 2. The van der Waals surface area contributed by atoms with Crippen LogP contribution in [0.3, 0.4) is 0 Å². The Labute approximate surface area is 123 Å². The van der Waals surface area contributed by atoms with Gasteiger partial charge in [0.15, 0.2) is 0 Å². The lowest BCUT2D eigenvalue weighted by Crippen LogP contribution is -2.29. The van der Waals surface area contributed by atoms with Crippen molar-refractivity contribution in [1.29, 1.82) is 0 Å². The van der Waals surface area contributed by atoms with Gasteiger partial charge < -0.3 is 5.32 Å². The van der Waals surface area contributed by atoms with Gasteiger partial charge in [-0.25, -0.2) is 4.39 Å². The van der Waals surface area contributed by atoms with Crippen molar-refractivity contribution >= 4 is 11.6 Å². The van der Waals surface area contributed by atoms with E-state index in [0.717, 1.165) is 22.4 Å². The van der Waals surface area contributed by atoms with E-state index in [4.69, 9.17) is 0 Å². The Balaban J connectivity index is 1.85. The minimum absolute atomic E-state index is 0.0705. The summed E-state index contributed by atoms with van der Waals surface area (Å²) in [7, 11) is 0. The van der Waals surface area contributed by atoms with Crippen molar-refractivity contribution < 1.29 is 9.18 Å². The first-order chi connectivity index (χ1) is 10.0. The highest BCUT2D eigenvalue weighted by molar-refractivity contribution is 6.02. The zero-order valence-corrected chi connectivity index (χ0v) is 12.0. The highest BCUT2D eigenvalue weighted by Gasteiger charge is 2.31. The second-order valence-electron chi connectivity index (χ2n) is 5.46. The summed E-state index contributed by atoms with van der Waals surface area (Å²) in [4.78, 5) is 12.1. The molecule has 3 rings (SSSR count). The van der Waals surface area contributed by atoms with Gasteiger partial charge in [0.25, 0.3) is 0 Å². The highest BCUT2D eigenvalue weighted by atomic mass is 19.1. The average molecular weight is 284 g/mol. The van der Waals surface area contributed by atoms with Crippen molar-refractivity contribution in [2.45, 2.75) is 25.9 Å². The summed E-state index contributed by atoms with van der Waals surface area (Å²) in [5, 5.41) is 6.14. The quantitative estimate of drug-likeness (QED) is 0.906. The Morgan fingerprint density at radius 2 is 2.05 bits per heavy atom. The summed E-state index contributed by atoms with van der Waals surface area (Å²) in [6, 6.07) is 11.8. The first-order valence-electron chi connectivity index (χ1n) is 6.97. The van der Waals surface area contributed by atoms with Crippen LogP contribution in [0.1, 0.15) is 35.7 Å². The zero-order valence-electron chi connectivity index (χ0n) is 12.0. The molecule has 1 aliphatic rings. The molecule has 2 aromatic rings. The van der Waals surface area contributed by atoms with Crippen molar-refractivity contribution in [2.75, 3.05) is 5.32 Å². The molecule has 3 nitrogen and oxygen atoms in total.